The molecule has 1 aliphatic rings. The van der Waals surface area contributed by atoms with Gasteiger partial charge in [-0.05, 0) is 35.4 Å². The van der Waals surface area contributed by atoms with Crippen molar-refractivity contribution in [1.29, 1.82) is 0 Å². The molecule has 0 radical (unpaired) electrons. The molecular formula is C26H30N2O5. The molecule has 1 heterocycles. The summed E-state index contributed by atoms with van der Waals surface area (Å²) in [6.07, 6.45) is 2.34. The number of nitrogens with zero attached hydrogens (tertiary/aromatic N) is 1. The van der Waals surface area contributed by atoms with Crippen LogP contribution in [0.4, 0.5) is 0 Å². The molecule has 1 aliphatic heterocycles. The number of amides is 1. The number of carbonyl (C=O) groups excluding carboxylic acids is 2. The monoisotopic (exact) mass is 450 g/mol. The minimum Gasteiger partial charge on any atom is -0.872 e. The zero-order chi connectivity index (χ0) is 24.0. The van der Waals surface area contributed by atoms with Gasteiger partial charge >= 0.3 is 0 Å². The Labute approximate surface area is 194 Å². The second kappa shape index (κ2) is 10.8. The maximum Gasteiger partial charge on any atom is 0.295 e. The van der Waals surface area contributed by atoms with Crippen LogP contribution in [0.25, 0.3) is 5.76 Å². The molecule has 33 heavy (non-hydrogen) atoms. The topological polar surface area (TPSA) is 83.3 Å². The molecule has 7 nitrogen and oxygen atoms in total. The fraction of sp³-hybridized carbons (Fsp3) is 0.308. The van der Waals surface area contributed by atoms with Crippen molar-refractivity contribution < 1.29 is 29.1 Å². The SMILES string of the molecule is C=CCOc1cccc(C2/C(=C(\[O-])c3ccc(OC)cc3)C(=O)C(=O)N2CCC[NH+](C)C)c1. The third kappa shape index (κ3) is 5.43. The summed E-state index contributed by atoms with van der Waals surface area (Å²) in [5.74, 6) is -0.687. The number of quaternary nitrogens is 1. The van der Waals surface area contributed by atoms with Crippen LogP contribution in [0, 0.1) is 0 Å². The van der Waals surface area contributed by atoms with E-state index in [0.29, 0.717) is 42.2 Å². The number of hydrogen-bond acceptors (Lipinski definition) is 5. The molecule has 1 N–H and O–H groups in total. The summed E-state index contributed by atoms with van der Waals surface area (Å²) in [6, 6.07) is 12.9. The molecular weight excluding hydrogens is 420 g/mol. The molecule has 1 amide bonds. The highest BCUT2D eigenvalue weighted by Crippen LogP contribution is 2.39. The van der Waals surface area contributed by atoms with E-state index >= 15 is 0 Å². The average Bonchev–Trinajstić information content (AvgIpc) is 3.07. The molecule has 2 aromatic rings. The van der Waals surface area contributed by atoms with Gasteiger partial charge in [-0.1, -0.05) is 42.7 Å². The Kier molecular flexibility index (Phi) is 7.90. The van der Waals surface area contributed by atoms with Gasteiger partial charge in [0.2, 0.25) is 5.78 Å². The lowest BCUT2D eigenvalue weighted by Gasteiger charge is -2.28. The Hall–Kier alpha value is -3.58. The minimum atomic E-state index is -0.774. The summed E-state index contributed by atoms with van der Waals surface area (Å²) in [6.45, 7) is 5.18. The van der Waals surface area contributed by atoms with Gasteiger partial charge in [0, 0.05) is 18.5 Å². The van der Waals surface area contributed by atoms with E-state index < -0.39 is 23.5 Å². The molecule has 2 aromatic carbocycles. The first kappa shape index (κ1) is 24.1. The van der Waals surface area contributed by atoms with E-state index in [0.717, 1.165) is 6.54 Å². The summed E-state index contributed by atoms with van der Waals surface area (Å²) in [7, 11) is 5.59. The molecule has 1 unspecified atom stereocenters. The van der Waals surface area contributed by atoms with Crippen LogP contribution in [0.2, 0.25) is 0 Å². The smallest absolute Gasteiger partial charge is 0.295 e. The van der Waals surface area contributed by atoms with Crippen LogP contribution in [0.1, 0.15) is 23.6 Å². The molecule has 7 heteroatoms. The number of nitrogens with one attached hydrogen (secondary N) is 1. The predicted molar refractivity (Wildman–Crippen MR) is 124 cm³/mol. The lowest BCUT2D eigenvalue weighted by Crippen LogP contribution is -3.05. The number of likely N-dealkylation sites (tertiary alicyclic amines) is 1. The van der Waals surface area contributed by atoms with Crippen LogP contribution in [0.3, 0.4) is 0 Å². The lowest BCUT2D eigenvalue weighted by molar-refractivity contribution is -0.858. The second-order valence-corrected chi connectivity index (χ2v) is 8.18. The first-order valence-electron chi connectivity index (χ1n) is 10.9. The number of carbonyl (C=O) groups is 2. The molecule has 174 valence electrons. The molecule has 0 spiro atoms. The Morgan fingerprint density at radius 3 is 2.52 bits per heavy atom. The maximum atomic E-state index is 13.4. The molecule has 0 aromatic heterocycles. The number of benzene rings is 2. The third-order valence-electron chi connectivity index (χ3n) is 5.50. The minimum absolute atomic E-state index is 0.0387. The highest BCUT2D eigenvalue weighted by Gasteiger charge is 2.44. The molecule has 0 aliphatic carbocycles. The van der Waals surface area contributed by atoms with E-state index in [4.69, 9.17) is 9.47 Å². The van der Waals surface area contributed by atoms with E-state index in [2.05, 4.69) is 6.58 Å². The van der Waals surface area contributed by atoms with Gasteiger partial charge in [0.1, 0.15) is 18.1 Å². The van der Waals surface area contributed by atoms with Crippen molar-refractivity contribution in [3.63, 3.8) is 0 Å². The maximum absolute atomic E-state index is 13.4. The number of ketones is 1. The van der Waals surface area contributed by atoms with Crippen molar-refractivity contribution in [3.05, 3.63) is 77.9 Å². The van der Waals surface area contributed by atoms with Crippen LogP contribution in [0.15, 0.2) is 66.8 Å². The molecule has 1 atom stereocenters. The summed E-state index contributed by atoms with van der Waals surface area (Å²) in [5, 5.41) is 13.4. The molecule has 1 fully saturated rings. The molecule has 3 rings (SSSR count). The van der Waals surface area contributed by atoms with E-state index in [9.17, 15) is 14.7 Å². The van der Waals surface area contributed by atoms with E-state index in [-0.39, 0.29) is 5.57 Å². The second-order valence-electron chi connectivity index (χ2n) is 8.18. The zero-order valence-corrected chi connectivity index (χ0v) is 19.3. The number of hydrogen-bond donors (Lipinski definition) is 1. The van der Waals surface area contributed by atoms with Gasteiger partial charge in [-0.15, -0.1) is 0 Å². The Morgan fingerprint density at radius 2 is 1.88 bits per heavy atom. The lowest BCUT2D eigenvalue weighted by atomic mass is 9.95. The van der Waals surface area contributed by atoms with Gasteiger partial charge in [-0.3, -0.25) is 9.59 Å². The average molecular weight is 451 g/mol. The van der Waals surface area contributed by atoms with Crippen molar-refractivity contribution >= 4 is 17.4 Å². The van der Waals surface area contributed by atoms with Gasteiger partial charge in [0.25, 0.3) is 5.91 Å². The van der Waals surface area contributed by atoms with Gasteiger partial charge in [-0.25, -0.2) is 0 Å². The fourth-order valence-corrected chi connectivity index (χ4v) is 3.88. The van der Waals surface area contributed by atoms with E-state index in [1.165, 1.54) is 16.9 Å². The largest absolute Gasteiger partial charge is 0.872 e. The predicted octanol–water partition coefficient (Wildman–Crippen LogP) is 1.02. The van der Waals surface area contributed by atoms with Crippen LogP contribution >= 0.6 is 0 Å². The van der Waals surface area contributed by atoms with Crippen LogP contribution in [-0.2, 0) is 9.59 Å². The van der Waals surface area contributed by atoms with E-state index in [1.54, 1.807) is 48.5 Å². The van der Waals surface area contributed by atoms with Gasteiger partial charge < -0.3 is 24.4 Å². The van der Waals surface area contributed by atoms with Gasteiger partial charge in [-0.2, -0.15) is 0 Å². The van der Waals surface area contributed by atoms with Gasteiger partial charge in [0.15, 0.2) is 0 Å². The van der Waals surface area contributed by atoms with Crippen molar-refractivity contribution in [3.8, 4) is 11.5 Å². The van der Waals surface area contributed by atoms with Gasteiger partial charge in [0.05, 0.1) is 33.8 Å². The fourth-order valence-electron chi connectivity index (χ4n) is 3.88. The first-order valence-corrected chi connectivity index (χ1v) is 10.9. The Balaban J connectivity index is 2.08. The number of ether oxygens (including phenoxy) is 2. The number of methoxy groups -OCH3 is 1. The summed E-state index contributed by atoms with van der Waals surface area (Å²) >= 11 is 0. The molecule has 0 bridgehead atoms. The molecule has 0 saturated carbocycles. The quantitative estimate of drug-likeness (QED) is 0.253. The van der Waals surface area contributed by atoms with Crippen LogP contribution in [0.5, 0.6) is 11.5 Å². The van der Waals surface area contributed by atoms with Crippen LogP contribution in [-0.4, -0.2) is 57.5 Å². The summed E-state index contributed by atoms with van der Waals surface area (Å²) < 4.78 is 10.8. The van der Waals surface area contributed by atoms with Crippen molar-refractivity contribution in [2.45, 2.75) is 12.5 Å². The normalized spacial score (nSPS) is 17.5. The highest BCUT2D eigenvalue weighted by molar-refractivity contribution is 6.46. The summed E-state index contributed by atoms with van der Waals surface area (Å²) in [4.78, 5) is 28.8. The Morgan fingerprint density at radius 1 is 1.15 bits per heavy atom. The standard InChI is InChI=1S/C26H30N2O5/c1-5-16-33-21-9-6-8-19(17-21)23-22(24(29)18-10-12-20(32-4)13-11-18)25(30)26(31)28(23)15-7-14-27(2)3/h5-6,8-13,17,23,29H,1,7,14-16H2,2-4H3/b24-22+. The Bertz CT molecular complexity index is 1040. The van der Waals surface area contributed by atoms with E-state index in [1.807, 2.05) is 20.2 Å². The number of rotatable bonds is 10. The highest BCUT2D eigenvalue weighted by atomic mass is 16.5. The van der Waals surface area contributed by atoms with Crippen molar-refractivity contribution in [2.24, 2.45) is 0 Å². The van der Waals surface area contributed by atoms with Crippen molar-refractivity contribution in [2.75, 3.05) is 40.9 Å². The van der Waals surface area contributed by atoms with Crippen molar-refractivity contribution in [1.82, 2.24) is 4.90 Å². The van der Waals surface area contributed by atoms with Crippen LogP contribution < -0.4 is 19.5 Å². The third-order valence-corrected chi connectivity index (χ3v) is 5.50. The number of Topliss-reactive ketones (excluding diaryl/α,β-unsaturated/α-hetero) is 1. The molecule has 1 saturated heterocycles. The first-order chi connectivity index (χ1) is 15.9. The zero-order valence-electron chi connectivity index (χ0n) is 19.3. The summed E-state index contributed by atoms with van der Waals surface area (Å²) in [5.41, 5.74) is 0.948.